The number of hydrogen-bond donors (Lipinski definition) is 1. The molecule has 2 atom stereocenters. The van der Waals surface area contributed by atoms with Gasteiger partial charge in [-0.1, -0.05) is 12.7 Å². The van der Waals surface area contributed by atoms with E-state index in [9.17, 15) is 4.79 Å². The third-order valence-corrected chi connectivity index (χ3v) is 3.24. The first-order valence-corrected chi connectivity index (χ1v) is 6.55. The largest absolute Gasteiger partial charge is 0.478 e. The van der Waals surface area contributed by atoms with Crippen LogP contribution in [0.4, 0.5) is 0 Å². The standard InChI is InChI=1S/C14H18ClN3O2/c1-5-6-11(16-4)7-13(9(2)15)18-8-12(14(19)20)10(3)17-18/h5-6,8-9,13H,1,4,7H2,2-3H3,(H,19,20)/b11-6+/t9?,13-/m1/s1. The predicted octanol–water partition coefficient (Wildman–Crippen LogP) is 3.22. The number of carboxylic acid groups (broad SMARTS) is 1. The number of alkyl halides is 1. The normalized spacial score (nSPS) is 14.7. The van der Waals surface area contributed by atoms with Crippen LogP contribution in [0.2, 0.25) is 0 Å². The van der Waals surface area contributed by atoms with Crippen molar-refractivity contribution in [2.75, 3.05) is 0 Å². The third kappa shape index (κ3) is 3.81. The zero-order valence-electron chi connectivity index (χ0n) is 11.6. The number of halogens is 1. The Labute approximate surface area is 123 Å². The van der Waals surface area contributed by atoms with Crippen molar-refractivity contribution < 1.29 is 9.90 Å². The molecule has 0 saturated heterocycles. The molecule has 0 amide bonds. The van der Waals surface area contributed by atoms with Gasteiger partial charge in [0.15, 0.2) is 0 Å². The second-order valence-corrected chi connectivity index (χ2v) is 5.10. The van der Waals surface area contributed by atoms with Gasteiger partial charge in [0.2, 0.25) is 0 Å². The highest BCUT2D eigenvalue weighted by atomic mass is 35.5. The predicted molar refractivity (Wildman–Crippen MR) is 80.7 cm³/mol. The summed E-state index contributed by atoms with van der Waals surface area (Å²) in [5.74, 6) is -1.00. The lowest BCUT2D eigenvalue weighted by atomic mass is 10.1. The molecule has 0 aliphatic carbocycles. The van der Waals surface area contributed by atoms with Gasteiger partial charge in [0.1, 0.15) is 5.56 Å². The molecule has 1 heterocycles. The third-order valence-electron chi connectivity index (χ3n) is 2.95. The van der Waals surface area contributed by atoms with Crippen molar-refractivity contribution >= 4 is 24.3 Å². The van der Waals surface area contributed by atoms with Gasteiger partial charge in [-0.2, -0.15) is 5.10 Å². The molecule has 1 N–H and O–H groups in total. The number of aliphatic imine (C=N–C) groups is 1. The van der Waals surface area contributed by atoms with E-state index in [1.807, 2.05) is 6.92 Å². The zero-order chi connectivity index (χ0) is 15.3. The average Bonchev–Trinajstić information content (AvgIpc) is 2.75. The Hall–Kier alpha value is -1.88. The van der Waals surface area contributed by atoms with Crippen molar-refractivity contribution in [1.82, 2.24) is 9.78 Å². The van der Waals surface area contributed by atoms with Gasteiger partial charge in [0.25, 0.3) is 0 Å². The van der Waals surface area contributed by atoms with Crippen molar-refractivity contribution in [3.63, 3.8) is 0 Å². The molecule has 1 aromatic heterocycles. The van der Waals surface area contributed by atoms with Crippen molar-refractivity contribution in [3.8, 4) is 0 Å². The van der Waals surface area contributed by atoms with Gasteiger partial charge in [0, 0.05) is 18.3 Å². The second kappa shape index (κ2) is 7.05. The summed E-state index contributed by atoms with van der Waals surface area (Å²) in [5.41, 5.74) is 1.36. The highest BCUT2D eigenvalue weighted by Crippen LogP contribution is 2.26. The molecule has 0 aliphatic heterocycles. The maximum absolute atomic E-state index is 11.1. The number of aromatic carboxylic acids is 1. The molecule has 6 heteroatoms. The number of carboxylic acids is 1. The summed E-state index contributed by atoms with van der Waals surface area (Å²) in [7, 11) is 0. The van der Waals surface area contributed by atoms with E-state index in [2.05, 4.69) is 23.4 Å². The quantitative estimate of drug-likeness (QED) is 0.477. The van der Waals surface area contributed by atoms with E-state index in [-0.39, 0.29) is 17.0 Å². The lowest BCUT2D eigenvalue weighted by Gasteiger charge is -2.20. The first-order valence-electron chi connectivity index (χ1n) is 6.12. The van der Waals surface area contributed by atoms with Crippen molar-refractivity contribution in [2.24, 2.45) is 4.99 Å². The van der Waals surface area contributed by atoms with Gasteiger partial charge in [-0.05, 0) is 26.6 Å². The minimum atomic E-state index is -1.00. The maximum Gasteiger partial charge on any atom is 0.339 e. The van der Waals surface area contributed by atoms with Crippen LogP contribution in [0.15, 0.2) is 35.6 Å². The molecule has 0 spiro atoms. The van der Waals surface area contributed by atoms with Crippen LogP contribution in [0, 0.1) is 6.92 Å². The van der Waals surface area contributed by atoms with Crippen LogP contribution in [-0.4, -0.2) is 33.0 Å². The van der Waals surface area contributed by atoms with Crippen LogP contribution in [0.5, 0.6) is 0 Å². The smallest absolute Gasteiger partial charge is 0.339 e. The van der Waals surface area contributed by atoms with E-state index in [1.54, 1.807) is 23.8 Å². The molecule has 0 saturated carbocycles. The number of allylic oxidation sites excluding steroid dienone is 3. The molecular formula is C14H18ClN3O2. The first-order chi connectivity index (χ1) is 9.40. The molecular weight excluding hydrogens is 278 g/mol. The lowest BCUT2D eigenvalue weighted by Crippen LogP contribution is -2.19. The molecule has 108 valence electrons. The fourth-order valence-corrected chi connectivity index (χ4v) is 2.07. The maximum atomic E-state index is 11.1. The van der Waals surface area contributed by atoms with Gasteiger partial charge in [-0.15, -0.1) is 11.6 Å². The summed E-state index contributed by atoms with van der Waals surface area (Å²) < 4.78 is 1.58. The summed E-state index contributed by atoms with van der Waals surface area (Å²) >= 11 is 6.20. The summed E-state index contributed by atoms with van der Waals surface area (Å²) in [6.07, 6.45) is 5.36. The van der Waals surface area contributed by atoms with Gasteiger partial charge in [-0.3, -0.25) is 9.67 Å². The number of hydrogen-bond acceptors (Lipinski definition) is 3. The Kier molecular flexibility index (Phi) is 5.70. The van der Waals surface area contributed by atoms with Gasteiger partial charge in [-0.25, -0.2) is 4.79 Å². The Bertz CT molecular complexity index is 547. The molecule has 0 bridgehead atoms. The topological polar surface area (TPSA) is 67.5 Å². The monoisotopic (exact) mass is 295 g/mol. The number of aryl methyl sites for hydroxylation is 1. The highest BCUT2D eigenvalue weighted by Gasteiger charge is 2.22. The van der Waals surface area contributed by atoms with Crippen LogP contribution in [0.1, 0.15) is 35.4 Å². The average molecular weight is 296 g/mol. The molecule has 0 aliphatic rings. The molecule has 0 aromatic carbocycles. The van der Waals surface area contributed by atoms with Crippen LogP contribution < -0.4 is 0 Å². The Morgan fingerprint density at radius 2 is 2.35 bits per heavy atom. The summed E-state index contributed by atoms with van der Waals surface area (Å²) in [4.78, 5) is 15.0. The van der Waals surface area contributed by atoms with Gasteiger partial charge >= 0.3 is 5.97 Å². The van der Waals surface area contributed by atoms with E-state index in [0.717, 1.165) is 5.70 Å². The van der Waals surface area contributed by atoms with Crippen LogP contribution in [0.3, 0.4) is 0 Å². The Morgan fingerprint density at radius 1 is 1.70 bits per heavy atom. The van der Waals surface area contributed by atoms with Gasteiger partial charge in [0.05, 0.1) is 17.1 Å². The summed E-state index contributed by atoms with van der Waals surface area (Å²) in [5, 5.41) is 13.1. The van der Waals surface area contributed by atoms with Crippen molar-refractivity contribution in [3.05, 3.63) is 41.9 Å². The number of aromatic nitrogens is 2. The van der Waals surface area contributed by atoms with Crippen LogP contribution >= 0.6 is 11.6 Å². The molecule has 0 radical (unpaired) electrons. The van der Waals surface area contributed by atoms with E-state index in [1.165, 1.54) is 6.20 Å². The molecule has 0 fully saturated rings. The fraction of sp³-hybridized carbons (Fsp3) is 0.357. The highest BCUT2D eigenvalue weighted by molar-refractivity contribution is 6.20. The zero-order valence-corrected chi connectivity index (χ0v) is 12.3. The number of carbonyl (C=O) groups is 1. The van der Waals surface area contributed by atoms with Crippen LogP contribution in [-0.2, 0) is 0 Å². The molecule has 20 heavy (non-hydrogen) atoms. The van der Waals surface area contributed by atoms with E-state index >= 15 is 0 Å². The van der Waals surface area contributed by atoms with Crippen molar-refractivity contribution in [1.29, 1.82) is 0 Å². The molecule has 5 nitrogen and oxygen atoms in total. The number of nitrogens with zero attached hydrogens (tertiary/aromatic N) is 3. The Morgan fingerprint density at radius 3 is 2.75 bits per heavy atom. The molecule has 1 unspecified atom stereocenters. The summed E-state index contributed by atoms with van der Waals surface area (Å²) in [6, 6.07) is -0.208. The second-order valence-electron chi connectivity index (χ2n) is 4.41. The van der Waals surface area contributed by atoms with Gasteiger partial charge < -0.3 is 5.11 Å². The minimum absolute atomic E-state index is 0.174. The summed E-state index contributed by atoms with van der Waals surface area (Å²) in [6.45, 7) is 10.6. The van der Waals surface area contributed by atoms with Crippen molar-refractivity contribution in [2.45, 2.75) is 31.7 Å². The lowest BCUT2D eigenvalue weighted by molar-refractivity contribution is 0.0696. The Balaban J connectivity index is 3.11. The SMILES string of the molecule is C=C/C=C(\C[C@H](C(C)Cl)n1cc(C(=O)O)c(C)n1)N=C. The molecule has 1 aromatic rings. The number of rotatable bonds is 7. The van der Waals surface area contributed by atoms with E-state index < -0.39 is 5.97 Å². The van der Waals surface area contributed by atoms with E-state index in [4.69, 9.17) is 16.7 Å². The minimum Gasteiger partial charge on any atom is -0.478 e. The fourth-order valence-electron chi connectivity index (χ4n) is 1.86. The molecule has 1 rings (SSSR count). The van der Waals surface area contributed by atoms with E-state index in [0.29, 0.717) is 12.1 Å². The van der Waals surface area contributed by atoms with Crippen LogP contribution in [0.25, 0.3) is 0 Å². The first kappa shape index (κ1) is 16.2.